The number of nitrogens with zero attached hydrogens (tertiary/aromatic N) is 1. The fourth-order valence-electron chi connectivity index (χ4n) is 1.77. The summed E-state index contributed by atoms with van der Waals surface area (Å²) < 4.78 is 5.61. The Kier molecular flexibility index (Phi) is 4.85. The highest BCUT2D eigenvalue weighted by molar-refractivity contribution is 7.09. The molecular formula is C15H17ClN2O2S. The molecule has 0 unspecified atom stereocenters. The summed E-state index contributed by atoms with van der Waals surface area (Å²) in [5, 5.41) is 6.32. The van der Waals surface area contributed by atoms with E-state index in [1.807, 2.05) is 19.2 Å². The van der Waals surface area contributed by atoms with E-state index < -0.39 is 11.6 Å². The number of rotatable bonds is 5. The highest BCUT2D eigenvalue weighted by Gasteiger charge is 2.28. The van der Waals surface area contributed by atoms with E-state index >= 15 is 0 Å². The van der Waals surface area contributed by atoms with Crippen LogP contribution < -0.4 is 10.1 Å². The van der Waals surface area contributed by atoms with E-state index in [2.05, 4.69) is 10.3 Å². The molecule has 0 radical (unpaired) electrons. The predicted octanol–water partition coefficient (Wildman–Crippen LogP) is 3.62. The number of benzene rings is 1. The number of aromatic nitrogens is 1. The zero-order valence-electron chi connectivity index (χ0n) is 12.1. The third kappa shape index (κ3) is 4.19. The number of nitrogens with one attached hydrogen (secondary N) is 1. The standard InChI is InChI=1S/C15H17ClN2O2S/c1-10(20-12-6-4-11(16)5-7-12)13(19)18-15(2,3)14-17-8-9-21-14/h4-10H,1-3H3,(H,18,19)/t10-/m0/s1. The van der Waals surface area contributed by atoms with Crippen LogP contribution in [0.2, 0.25) is 5.02 Å². The number of amides is 1. The quantitative estimate of drug-likeness (QED) is 0.914. The van der Waals surface area contributed by atoms with Gasteiger partial charge in [0.05, 0.1) is 5.54 Å². The van der Waals surface area contributed by atoms with Gasteiger partial charge in [-0.05, 0) is 45.0 Å². The number of carbonyl (C=O) groups is 1. The van der Waals surface area contributed by atoms with Gasteiger partial charge in [0.15, 0.2) is 6.10 Å². The minimum absolute atomic E-state index is 0.190. The van der Waals surface area contributed by atoms with Crippen molar-refractivity contribution in [3.8, 4) is 5.75 Å². The molecule has 0 saturated heterocycles. The molecule has 21 heavy (non-hydrogen) atoms. The normalized spacial score (nSPS) is 12.8. The first-order valence-electron chi connectivity index (χ1n) is 6.53. The Morgan fingerprint density at radius 1 is 1.38 bits per heavy atom. The van der Waals surface area contributed by atoms with Crippen molar-refractivity contribution in [2.24, 2.45) is 0 Å². The third-order valence-corrected chi connectivity index (χ3v) is 4.25. The fourth-order valence-corrected chi connectivity index (χ4v) is 2.61. The molecule has 1 N–H and O–H groups in total. The van der Waals surface area contributed by atoms with Gasteiger partial charge in [-0.2, -0.15) is 0 Å². The van der Waals surface area contributed by atoms with Crippen LogP contribution >= 0.6 is 22.9 Å². The maximum Gasteiger partial charge on any atom is 0.261 e. The maximum absolute atomic E-state index is 12.2. The molecule has 1 amide bonds. The molecular weight excluding hydrogens is 308 g/mol. The Bertz CT molecular complexity index is 597. The van der Waals surface area contributed by atoms with Gasteiger partial charge in [-0.1, -0.05) is 11.6 Å². The van der Waals surface area contributed by atoms with E-state index in [0.717, 1.165) is 5.01 Å². The molecule has 0 bridgehead atoms. The van der Waals surface area contributed by atoms with Crippen molar-refractivity contribution >= 4 is 28.8 Å². The monoisotopic (exact) mass is 324 g/mol. The lowest BCUT2D eigenvalue weighted by Crippen LogP contribution is -2.46. The SMILES string of the molecule is C[C@H](Oc1ccc(Cl)cc1)C(=O)NC(C)(C)c1nccs1. The average molecular weight is 325 g/mol. The number of hydrogen-bond acceptors (Lipinski definition) is 4. The molecule has 1 atom stereocenters. The van der Waals surface area contributed by atoms with Crippen LogP contribution in [0.1, 0.15) is 25.8 Å². The summed E-state index contributed by atoms with van der Waals surface area (Å²) >= 11 is 7.32. The van der Waals surface area contributed by atoms with Crippen LogP contribution in [0.5, 0.6) is 5.75 Å². The summed E-state index contributed by atoms with van der Waals surface area (Å²) in [4.78, 5) is 16.5. The van der Waals surface area contributed by atoms with E-state index in [1.54, 1.807) is 37.4 Å². The fraction of sp³-hybridized carbons (Fsp3) is 0.333. The van der Waals surface area contributed by atoms with Crippen molar-refractivity contribution in [2.45, 2.75) is 32.4 Å². The summed E-state index contributed by atoms with van der Waals surface area (Å²) in [5.41, 5.74) is -0.525. The molecule has 1 aromatic carbocycles. The first-order chi connectivity index (χ1) is 9.88. The first-order valence-corrected chi connectivity index (χ1v) is 7.78. The Balaban J connectivity index is 1.98. The Labute approximate surface area is 133 Å². The van der Waals surface area contributed by atoms with Gasteiger partial charge >= 0.3 is 0 Å². The highest BCUT2D eigenvalue weighted by atomic mass is 35.5. The van der Waals surface area contributed by atoms with Gasteiger partial charge in [0.25, 0.3) is 5.91 Å². The molecule has 2 rings (SSSR count). The van der Waals surface area contributed by atoms with Gasteiger partial charge in [-0.25, -0.2) is 4.98 Å². The second-order valence-electron chi connectivity index (χ2n) is 5.17. The van der Waals surface area contributed by atoms with Gasteiger partial charge < -0.3 is 10.1 Å². The number of hydrogen-bond donors (Lipinski definition) is 1. The van der Waals surface area contributed by atoms with Gasteiger partial charge in [0, 0.05) is 16.6 Å². The predicted molar refractivity (Wildman–Crippen MR) is 84.8 cm³/mol. The molecule has 0 aliphatic rings. The molecule has 1 aromatic heterocycles. The van der Waals surface area contributed by atoms with Crippen molar-refractivity contribution in [2.75, 3.05) is 0 Å². The molecule has 0 spiro atoms. The van der Waals surface area contributed by atoms with Crippen LogP contribution in [0.25, 0.3) is 0 Å². The summed E-state index contributed by atoms with van der Waals surface area (Å²) in [7, 11) is 0. The zero-order valence-corrected chi connectivity index (χ0v) is 13.7. The molecule has 1 heterocycles. The molecule has 0 aliphatic heterocycles. The summed E-state index contributed by atoms with van der Waals surface area (Å²) in [6, 6.07) is 6.91. The van der Waals surface area contributed by atoms with E-state index in [4.69, 9.17) is 16.3 Å². The molecule has 0 fully saturated rings. The lowest BCUT2D eigenvalue weighted by molar-refractivity contribution is -0.129. The van der Waals surface area contributed by atoms with Crippen LogP contribution in [0.3, 0.4) is 0 Å². The Morgan fingerprint density at radius 3 is 2.62 bits per heavy atom. The minimum Gasteiger partial charge on any atom is -0.481 e. The average Bonchev–Trinajstić information content (AvgIpc) is 2.95. The van der Waals surface area contributed by atoms with Gasteiger partial charge in [0.2, 0.25) is 0 Å². The van der Waals surface area contributed by atoms with E-state index in [0.29, 0.717) is 10.8 Å². The largest absolute Gasteiger partial charge is 0.481 e. The smallest absolute Gasteiger partial charge is 0.261 e. The molecule has 0 saturated carbocycles. The van der Waals surface area contributed by atoms with Crippen molar-refractivity contribution in [1.82, 2.24) is 10.3 Å². The zero-order chi connectivity index (χ0) is 15.5. The van der Waals surface area contributed by atoms with Crippen molar-refractivity contribution in [1.29, 1.82) is 0 Å². The van der Waals surface area contributed by atoms with E-state index in [1.165, 1.54) is 11.3 Å². The molecule has 4 nitrogen and oxygen atoms in total. The van der Waals surface area contributed by atoms with Crippen molar-refractivity contribution in [3.63, 3.8) is 0 Å². The summed E-state index contributed by atoms with van der Waals surface area (Å²) in [6.45, 7) is 5.54. The Hall–Kier alpha value is -1.59. The highest BCUT2D eigenvalue weighted by Crippen LogP contribution is 2.22. The second-order valence-corrected chi connectivity index (χ2v) is 6.50. The minimum atomic E-state index is -0.606. The number of ether oxygens (including phenoxy) is 1. The molecule has 2 aromatic rings. The van der Waals surface area contributed by atoms with Gasteiger partial charge in [-0.3, -0.25) is 4.79 Å². The Morgan fingerprint density at radius 2 is 2.05 bits per heavy atom. The summed E-state index contributed by atoms with van der Waals surface area (Å²) in [5.74, 6) is 0.416. The topological polar surface area (TPSA) is 51.2 Å². The van der Waals surface area contributed by atoms with Crippen LogP contribution in [-0.2, 0) is 10.3 Å². The van der Waals surface area contributed by atoms with Crippen LogP contribution in [0.4, 0.5) is 0 Å². The number of thiazole rings is 1. The van der Waals surface area contributed by atoms with Gasteiger partial charge in [-0.15, -0.1) is 11.3 Å². The maximum atomic E-state index is 12.2. The molecule has 0 aliphatic carbocycles. The van der Waals surface area contributed by atoms with Crippen LogP contribution in [-0.4, -0.2) is 17.0 Å². The third-order valence-electron chi connectivity index (χ3n) is 2.90. The summed E-state index contributed by atoms with van der Waals surface area (Å²) in [6.07, 6.45) is 1.12. The van der Waals surface area contributed by atoms with E-state index in [9.17, 15) is 4.79 Å². The first kappa shape index (κ1) is 15.8. The number of carbonyl (C=O) groups excluding carboxylic acids is 1. The van der Waals surface area contributed by atoms with Crippen molar-refractivity contribution in [3.05, 3.63) is 45.9 Å². The molecule has 6 heteroatoms. The lowest BCUT2D eigenvalue weighted by atomic mass is 10.1. The molecule has 112 valence electrons. The van der Waals surface area contributed by atoms with Gasteiger partial charge in [0.1, 0.15) is 10.8 Å². The van der Waals surface area contributed by atoms with Crippen LogP contribution in [0, 0.1) is 0 Å². The van der Waals surface area contributed by atoms with E-state index in [-0.39, 0.29) is 5.91 Å². The second kappa shape index (κ2) is 6.45. The van der Waals surface area contributed by atoms with Crippen molar-refractivity contribution < 1.29 is 9.53 Å². The lowest BCUT2D eigenvalue weighted by Gasteiger charge is -2.26. The van der Waals surface area contributed by atoms with Crippen LogP contribution in [0.15, 0.2) is 35.8 Å². The number of halogens is 1.